The standard InChI is InChI=1S/C25H22FN3O3S/c1-15-8-10-19(11-9-15)27-23(30)14-28-24(31)22(33-25(28)32)13-18-12-16(2)29(17(18)3)21-7-5-4-6-20(21)26/h4-13H,14H2,1-3H3,(H,27,30). The summed E-state index contributed by atoms with van der Waals surface area (Å²) >= 11 is 0.785. The van der Waals surface area contributed by atoms with Crippen molar-refractivity contribution in [3.8, 4) is 5.69 Å². The van der Waals surface area contributed by atoms with Crippen LogP contribution in [0.2, 0.25) is 0 Å². The van der Waals surface area contributed by atoms with Crippen LogP contribution in [0, 0.1) is 26.6 Å². The number of hydrogen-bond donors (Lipinski definition) is 1. The zero-order chi connectivity index (χ0) is 23.7. The molecule has 6 nitrogen and oxygen atoms in total. The number of halogens is 1. The van der Waals surface area contributed by atoms with E-state index in [2.05, 4.69) is 5.32 Å². The molecule has 4 rings (SSSR count). The molecule has 3 amide bonds. The number of benzene rings is 2. The van der Waals surface area contributed by atoms with Crippen molar-refractivity contribution in [3.63, 3.8) is 0 Å². The molecule has 1 fully saturated rings. The first-order chi connectivity index (χ1) is 15.7. The number of anilines is 1. The van der Waals surface area contributed by atoms with E-state index in [1.165, 1.54) is 6.07 Å². The molecular weight excluding hydrogens is 441 g/mol. The molecule has 0 spiro atoms. The second-order valence-corrected chi connectivity index (χ2v) is 8.79. The van der Waals surface area contributed by atoms with Crippen LogP contribution >= 0.6 is 11.8 Å². The Morgan fingerprint density at radius 1 is 1.06 bits per heavy atom. The predicted molar refractivity (Wildman–Crippen MR) is 128 cm³/mol. The molecule has 0 atom stereocenters. The first-order valence-corrected chi connectivity index (χ1v) is 11.1. The van der Waals surface area contributed by atoms with E-state index in [9.17, 15) is 18.8 Å². The lowest BCUT2D eigenvalue weighted by Crippen LogP contribution is -2.36. The van der Waals surface area contributed by atoms with Gasteiger partial charge in [-0.1, -0.05) is 29.8 Å². The molecule has 1 saturated heterocycles. The Morgan fingerprint density at radius 2 is 1.76 bits per heavy atom. The average molecular weight is 464 g/mol. The smallest absolute Gasteiger partial charge is 0.294 e. The minimum absolute atomic E-state index is 0.219. The van der Waals surface area contributed by atoms with E-state index >= 15 is 0 Å². The van der Waals surface area contributed by atoms with E-state index in [0.29, 0.717) is 16.9 Å². The van der Waals surface area contributed by atoms with Gasteiger partial charge in [-0.3, -0.25) is 19.3 Å². The molecular formula is C25H22FN3O3S. The number of aromatic nitrogens is 1. The van der Waals surface area contributed by atoms with E-state index in [1.54, 1.807) is 41.0 Å². The Morgan fingerprint density at radius 3 is 2.45 bits per heavy atom. The summed E-state index contributed by atoms with van der Waals surface area (Å²) in [6, 6.07) is 15.5. The van der Waals surface area contributed by atoms with Crippen molar-refractivity contribution in [2.75, 3.05) is 11.9 Å². The van der Waals surface area contributed by atoms with Crippen molar-refractivity contribution in [2.45, 2.75) is 20.8 Å². The lowest BCUT2D eigenvalue weighted by molar-refractivity contribution is -0.127. The van der Waals surface area contributed by atoms with Gasteiger partial charge in [0.2, 0.25) is 5.91 Å². The molecule has 0 radical (unpaired) electrons. The van der Waals surface area contributed by atoms with Gasteiger partial charge in [0, 0.05) is 17.1 Å². The summed E-state index contributed by atoms with van der Waals surface area (Å²) in [4.78, 5) is 38.8. The number of amides is 3. The Bertz CT molecular complexity index is 1290. The topological polar surface area (TPSA) is 71.4 Å². The van der Waals surface area contributed by atoms with Gasteiger partial charge in [0.15, 0.2) is 0 Å². The fraction of sp³-hybridized carbons (Fsp3) is 0.160. The Labute approximate surface area is 195 Å². The summed E-state index contributed by atoms with van der Waals surface area (Å²) in [6.07, 6.45) is 1.61. The van der Waals surface area contributed by atoms with E-state index in [1.807, 2.05) is 39.0 Å². The van der Waals surface area contributed by atoms with E-state index in [0.717, 1.165) is 33.6 Å². The van der Waals surface area contributed by atoms with Crippen LogP contribution in [-0.4, -0.2) is 33.1 Å². The molecule has 2 heterocycles. The number of rotatable bonds is 5. The molecule has 1 N–H and O–H groups in total. The number of carbonyl (C=O) groups excluding carboxylic acids is 3. The summed E-state index contributed by atoms with van der Waals surface area (Å²) < 4.78 is 16.1. The van der Waals surface area contributed by atoms with Crippen LogP contribution in [-0.2, 0) is 9.59 Å². The van der Waals surface area contributed by atoms with E-state index in [4.69, 9.17) is 0 Å². The Hall–Kier alpha value is -3.65. The van der Waals surface area contributed by atoms with Gasteiger partial charge in [0.1, 0.15) is 12.4 Å². The van der Waals surface area contributed by atoms with Gasteiger partial charge < -0.3 is 9.88 Å². The van der Waals surface area contributed by atoms with Crippen LogP contribution < -0.4 is 5.32 Å². The molecule has 3 aromatic rings. The minimum Gasteiger partial charge on any atom is -0.325 e. The summed E-state index contributed by atoms with van der Waals surface area (Å²) in [5.74, 6) is -1.34. The van der Waals surface area contributed by atoms with Gasteiger partial charge >= 0.3 is 0 Å². The predicted octanol–water partition coefficient (Wildman–Crippen LogP) is 5.22. The minimum atomic E-state index is -0.528. The van der Waals surface area contributed by atoms with Gasteiger partial charge in [0.25, 0.3) is 11.1 Å². The van der Waals surface area contributed by atoms with Gasteiger partial charge in [-0.25, -0.2) is 4.39 Å². The van der Waals surface area contributed by atoms with Crippen LogP contribution in [0.4, 0.5) is 14.9 Å². The highest BCUT2D eigenvalue weighted by Gasteiger charge is 2.36. The molecule has 0 unspecified atom stereocenters. The van der Waals surface area contributed by atoms with Crippen LogP contribution in [0.25, 0.3) is 11.8 Å². The molecule has 8 heteroatoms. The number of aryl methyl sites for hydroxylation is 2. The van der Waals surface area contributed by atoms with Crippen molar-refractivity contribution >= 4 is 40.6 Å². The van der Waals surface area contributed by atoms with Gasteiger partial charge in [-0.15, -0.1) is 0 Å². The highest BCUT2D eigenvalue weighted by Crippen LogP contribution is 2.34. The maximum atomic E-state index is 14.3. The third-order valence-corrected chi connectivity index (χ3v) is 6.27. The largest absolute Gasteiger partial charge is 0.325 e. The zero-order valence-electron chi connectivity index (χ0n) is 18.4. The second kappa shape index (κ2) is 9.07. The van der Waals surface area contributed by atoms with Crippen LogP contribution in [0.5, 0.6) is 0 Å². The lowest BCUT2D eigenvalue weighted by atomic mass is 10.2. The number of carbonyl (C=O) groups is 3. The summed E-state index contributed by atoms with van der Waals surface area (Å²) in [5.41, 5.74) is 4.28. The Balaban J connectivity index is 1.53. The van der Waals surface area contributed by atoms with Gasteiger partial charge in [-0.05, 0) is 74.5 Å². The third-order valence-electron chi connectivity index (χ3n) is 5.36. The highest BCUT2D eigenvalue weighted by molar-refractivity contribution is 8.18. The molecule has 0 aliphatic carbocycles. The SMILES string of the molecule is Cc1ccc(NC(=O)CN2C(=O)SC(=Cc3cc(C)n(-c4ccccc4F)c3C)C2=O)cc1. The van der Waals surface area contributed by atoms with Crippen molar-refractivity contribution in [2.24, 2.45) is 0 Å². The normalized spacial score (nSPS) is 14.9. The molecule has 0 saturated carbocycles. The van der Waals surface area contributed by atoms with Crippen LogP contribution in [0.1, 0.15) is 22.5 Å². The first kappa shape index (κ1) is 22.5. The number of nitrogens with one attached hydrogen (secondary N) is 1. The lowest BCUT2D eigenvalue weighted by Gasteiger charge is -2.12. The number of thioether (sulfide) groups is 1. The number of hydrogen-bond acceptors (Lipinski definition) is 4. The monoisotopic (exact) mass is 463 g/mol. The number of nitrogens with zero attached hydrogens (tertiary/aromatic N) is 2. The molecule has 33 heavy (non-hydrogen) atoms. The van der Waals surface area contributed by atoms with Crippen molar-refractivity contribution in [1.29, 1.82) is 0 Å². The van der Waals surface area contributed by atoms with E-state index < -0.39 is 17.1 Å². The molecule has 1 aliphatic rings. The molecule has 1 aliphatic heterocycles. The third kappa shape index (κ3) is 4.61. The number of para-hydroxylation sites is 1. The van der Waals surface area contributed by atoms with Crippen molar-refractivity contribution in [1.82, 2.24) is 9.47 Å². The Kier molecular flexibility index (Phi) is 6.20. The summed E-state index contributed by atoms with van der Waals surface area (Å²) in [5, 5.41) is 2.19. The second-order valence-electron chi connectivity index (χ2n) is 7.80. The van der Waals surface area contributed by atoms with Crippen LogP contribution in [0.15, 0.2) is 59.5 Å². The highest BCUT2D eigenvalue weighted by atomic mass is 32.2. The first-order valence-electron chi connectivity index (χ1n) is 10.3. The van der Waals surface area contributed by atoms with Crippen LogP contribution in [0.3, 0.4) is 0 Å². The molecule has 2 aromatic carbocycles. The fourth-order valence-electron chi connectivity index (χ4n) is 3.70. The zero-order valence-corrected chi connectivity index (χ0v) is 19.2. The molecule has 0 bridgehead atoms. The van der Waals surface area contributed by atoms with Crippen molar-refractivity contribution in [3.05, 3.63) is 87.8 Å². The average Bonchev–Trinajstić information content (AvgIpc) is 3.19. The van der Waals surface area contributed by atoms with E-state index in [-0.39, 0.29) is 17.3 Å². The van der Waals surface area contributed by atoms with Crippen molar-refractivity contribution < 1.29 is 18.8 Å². The van der Waals surface area contributed by atoms with Gasteiger partial charge in [0.05, 0.1) is 10.6 Å². The maximum absolute atomic E-state index is 14.3. The van der Waals surface area contributed by atoms with Gasteiger partial charge in [-0.2, -0.15) is 0 Å². The summed E-state index contributed by atoms with van der Waals surface area (Å²) in [6.45, 7) is 5.23. The molecule has 1 aromatic heterocycles. The maximum Gasteiger partial charge on any atom is 0.294 e. The quantitative estimate of drug-likeness (QED) is 0.527. The fourth-order valence-corrected chi connectivity index (χ4v) is 4.53. The molecule has 168 valence electrons. The summed E-state index contributed by atoms with van der Waals surface area (Å²) in [7, 11) is 0. The number of imide groups is 1.